The standard InChI is InChI=1S/C36H37F3N8O7/c1-18(2)11-23-30(49)41-19(3)33-46-26(17-53-33)35(52)47-15-22(42-29(48)21-9-10-28(40-14-21)36(37,38)39)13-27(47)32(51)44-24(12-20-7-5-4-6-8-20)34-45-25(16-54-34)31(50)43-23/h4-10,14,16-19,22-24,27H,11-13,15H2,1-3H3,(H,41,49)(H,42,48)(H,43,50)(H,44,51)/t19-,22+,23-,24+,27+/m1/s1. The van der Waals surface area contributed by atoms with E-state index in [0.717, 1.165) is 30.4 Å². The number of carbonyl (C=O) groups is 5. The van der Waals surface area contributed by atoms with Crippen LogP contribution in [0.15, 0.2) is 70.0 Å². The maximum Gasteiger partial charge on any atom is 0.433 e. The minimum Gasteiger partial charge on any atom is -0.446 e. The summed E-state index contributed by atoms with van der Waals surface area (Å²) in [4.78, 5) is 81.3. The van der Waals surface area contributed by atoms with Crippen LogP contribution in [0.4, 0.5) is 13.2 Å². The third kappa shape index (κ3) is 8.58. The number of hydrogen-bond acceptors (Lipinski definition) is 10. The van der Waals surface area contributed by atoms with E-state index in [1.807, 2.05) is 32.0 Å². The van der Waals surface area contributed by atoms with Gasteiger partial charge >= 0.3 is 6.18 Å². The summed E-state index contributed by atoms with van der Waals surface area (Å²) in [6.45, 7) is 5.17. The number of benzene rings is 1. The smallest absolute Gasteiger partial charge is 0.433 e. The summed E-state index contributed by atoms with van der Waals surface area (Å²) in [5.41, 5.74) is -0.875. The van der Waals surface area contributed by atoms with Gasteiger partial charge in [-0.25, -0.2) is 9.97 Å². The van der Waals surface area contributed by atoms with Gasteiger partial charge in [0, 0.05) is 25.2 Å². The molecule has 1 fully saturated rings. The molecule has 0 spiro atoms. The number of oxazole rings is 2. The number of carbonyl (C=O) groups excluding carboxylic acids is 5. The van der Waals surface area contributed by atoms with Gasteiger partial charge in [0.25, 0.3) is 17.7 Å². The summed E-state index contributed by atoms with van der Waals surface area (Å²) in [5, 5.41) is 11.0. The Bertz CT molecular complexity index is 2020. The molecule has 6 rings (SSSR count). The van der Waals surface area contributed by atoms with Crippen LogP contribution in [0.2, 0.25) is 0 Å². The first-order chi connectivity index (χ1) is 25.7. The molecule has 2 aliphatic heterocycles. The van der Waals surface area contributed by atoms with Crippen LogP contribution in [0.5, 0.6) is 0 Å². The average Bonchev–Trinajstić information content (AvgIpc) is 3.91. The molecule has 4 aromatic rings. The monoisotopic (exact) mass is 750 g/mol. The number of amides is 5. The van der Waals surface area contributed by atoms with Crippen molar-refractivity contribution < 1.29 is 46.0 Å². The molecule has 54 heavy (non-hydrogen) atoms. The van der Waals surface area contributed by atoms with Crippen molar-refractivity contribution in [3.63, 3.8) is 0 Å². The number of fused-ring (bicyclic) bond motifs is 5. The molecule has 0 unspecified atom stereocenters. The molecule has 5 amide bonds. The van der Waals surface area contributed by atoms with Crippen LogP contribution in [0.3, 0.4) is 0 Å². The van der Waals surface area contributed by atoms with Crippen LogP contribution in [-0.2, 0) is 22.2 Å². The van der Waals surface area contributed by atoms with E-state index in [1.165, 1.54) is 4.90 Å². The van der Waals surface area contributed by atoms with Crippen LogP contribution in [0.1, 0.15) is 100 Å². The molecule has 0 radical (unpaired) electrons. The van der Waals surface area contributed by atoms with E-state index < -0.39 is 71.6 Å². The Morgan fingerprint density at radius 2 is 1.63 bits per heavy atom. The fourth-order valence-corrected chi connectivity index (χ4v) is 6.29. The number of nitrogens with one attached hydrogen (secondary N) is 4. The van der Waals surface area contributed by atoms with Gasteiger partial charge < -0.3 is 35.0 Å². The maximum atomic E-state index is 14.2. The predicted molar refractivity (Wildman–Crippen MR) is 181 cm³/mol. The minimum absolute atomic E-state index is 0.00660. The average molecular weight is 751 g/mol. The topological polar surface area (TPSA) is 202 Å². The van der Waals surface area contributed by atoms with Gasteiger partial charge in [0.2, 0.25) is 23.6 Å². The summed E-state index contributed by atoms with van der Waals surface area (Å²) >= 11 is 0. The Morgan fingerprint density at radius 3 is 2.31 bits per heavy atom. The second-order valence-electron chi connectivity index (χ2n) is 13.6. The molecule has 3 aromatic heterocycles. The van der Waals surface area contributed by atoms with Gasteiger partial charge in [-0.1, -0.05) is 44.2 Å². The summed E-state index contributed by atoms with van der Waals surface area (Å²) in [5.74, 6) is -3.39. The number of pyridine rings is 1. The molecule has 0 saturated carbocycles. The highest BCUT2D eigenvalue weighted by molar-refractivity contribution is 5.98. The normalized spacial score (nSPS) is 22.5. The second kappa shape index (κ2) is 15.5. The molecule has 1 aromatic carbocycles. The summed E-state index contributed by atoms with van der Waals surface area (Å²) < 4.78 is 50.4. The predicted octanol–water partition coefficient (Wildman–Crippen LogP) is 3.53. The van der Waals surface area contributed by atoms with E-state index in [2.05, 4.69) is 36.2 Å². The van der Waals surface area contributed by atoms with E-state index in [-0.39, 0.29) is 60.5 Å². The second-order valence-corrected chi connectivity index (χ2v) is 13.6. The zero-order chi connectivity index (χ0) is 38.7. The third-order valence-electron chi connectivity index (χ3n) is 8.97. The van der Waals surface area contributed by atoms with Crippen LogP contribution in [0.25, 0.3) is 0 Å². The molecule has 4 N–H and O–H groups in total. The molecule has 4 bridgehead atoms. The Hall–Kier alpha value is -6.07. The van der Waals surface area contributed by atoms with E-state index in [1.54, 1.807) is 19.1 Å². The van der Waals surface area contributed by atoms with Crippen molar-refractivity contribution in [1.82, 2.24) is 41.1 Å². The van der Waals surface area contributed by atoms with Gasteiger partial charge in [0.1, 0.15) is 42.4 Å². The summed E-state index contributed by atoms with van der Waals surface area (Å²) in [6.07, 6.45) is -1.35. The Balaban J connectivity index is 1.33. The largest absolute Gasteiger partial charge is 0.446 e. The number of halogens is 3. The highest BCUT2D eigenvalue weighted by atomic mass is 19.4. The molecule has 5 atom stereocenters. The SMILES string of the molecule is CC(C)C[C@H]1NC(=O)c2coc(n2)[C@H](Cc2ccccc2)NC(=O)[C@@H]2C[C@H](NC(=O)c3ccc(C(F)(F)F)nc3)CN2C(=O)c2coc(n2)[C@@H](C)NC1=O. The molecule has 15 nitrogen and oxygen atoms in total. The van der Waals surface area contributed by atoms with Crippen molar-refractivity contribution in [3.8, 4) is 0 Å². The minimum atomic E-state index is -4.70. The third-order valence-corrected chi connectivity index (χ3v) is 8.97. The van der Waals surface area contributed by atoms with Crippen LogP contribution in [-0.4, -0.2) is 74.1 Å². The fourth-order valence-electron chi connectivity index (χ4n) is 6.29. The van der Waals surface area contributed by atoms with Crippen molar-refractivity contribution in [2.75, 3.05) is 6.54 Å². The lowest BCUT2D eigenvalue weighted by atomic mass is 10.0. The van der Waals surface area contributed by atoms with E-state index in [9.17, 15) is 37.1 Å². The molecule has 1 saturated heterocycles. The van der Waals surface area contributed by atoms with Gasteiger partial charge in [-0.15, -0.1) is 0 Å². The Labute approximate surface area is 306 Å². The van der Waals surface area contributed by atoms with Crippen molar-refractivity contribution in [2.24, 2.45) is 5.92 Å². The maximum absolute atomic E-state index is 14.2. The first-order valence-electron chi connectivity index (χ1n) is 17.2. The molecule has 284 valence electrons. The number of alkyl halides is 3. The van der Waals surface area contributed by atoms with Gasteiger partial charge in [-0.3, -0.25) is 29.0 Å². The molecular formula is C36H37F3N8O7. The summed E-state index contributed by atoms with van der Waals surface area (Å²) in [6, 6.07) is 5.91. The van der Waals surface area contributed by atoms with Crippen molar-refractivity contribution in [1.29, 1.82) is 0 Å². The number of aromatic nitrogens is 3. The molecule has 18 heteroatoms. The quantitative estimate of drug-likeness (QED) is 0.226. The first-order valence-corrected chi connectivity index (χ1v) is 17.2. The molecular weight excluding hydrogens is 713 g/mol. The Kier molecular flexibility index (Phi) is 10.8. The first kappa shape index (κ1) is 37.7. The van der Waals surface area contributed by atoms with E-state index >= 15 is 0 Å². The zero-order valence-electron chi connectivity index (χ0n) is 29.3. The Morgan fingerprint density at radius 1 is 0.926 bits per heavy atom. The van der Waals surface area contributed by atoms with Crippen LogP contribution >= 0.6 is 0 Å². The zero-order valence-corrected chi connectivity index (χ0v) is 29.3. The van der Waals surface area contributed by atoms with Crippen LogP contribution in [0, 0.1) is 5.92 Å². The molecule has 0 aliphatic carbocycles. The molecule has 5 heterocycles. The van der Waals surface area contributed by atoms with Gasteiger partial charge in [0.15, 0.2) is 11.4 Å². The van der Waals surface area contributed by atoms with Gasteiger partial charge in [-0.05, 0) is 43.4 Å². The van der Waals surface area contributed by atoms with E-state index in [4.69, 9.17) is 8.83 Å². The lowest BCUT2D eigenvalue weighted by Crippen LogP contribution is -2.48. The van der Waals surface area contributed by atoms with Gasteiger partial charge in [0.05, 0.1) is 5.56 Å². The number of hydrogen-bond donors (Lipinski definition) is 4. The lowest BCUT2D eigenvalue weighted by Gasteiger charge is -2.25. The number of nitrogens with zero attached hydrogens (tertiary/aromatic N) is 4. The highest BCUT2D eigenvalue weighted by Gasteiger charge is 2.43. The van der Waals surface area contributed by atoms with Crippen LogP contribution < -0.4 is 21.3 Å². The molecule has 2 aliphatic rings. The van der Waals surface area contributed by atoms with Crippen molar-refractivity contribution in [2.45, 2.75) is 76.4 Å². The number of rotatable bonds is 6. The van der Waals surface area contributed by atoms with Crippen molar-refractivity contribution in [3.05, 3.63) is 101 Å². The fraction of sp³-hybridized carbons (Fsp3) is 0.389. The highest BCUT2D eigenvalue weighted by Crippen LogP contribution is 2.28. The summed E-state index contributed by atoms with van der Waals surface area (Å²) in [7, 11) is 0. The van der Waals surface area contributed by atoms with Gasteiger partial charge in [-0.2, -0.15) is 13.2 Å². The van der Waals surface area contributed by atoms with Crippen molar-refractivity contribution >= 4 is 29.5 Å². The van der Waals surface area contributed by atoms with E-state index in [0.29, 0.717) is 6.07 Å². The lowest BCUT2D eigenvalue weighted by molar-refractivity contribution is -0.141.